The molecule has 1 fully saturated rings. The summed E-state index contributed by atoms with van der Waals surface area (Å²) in [6, 6.07) is 7.08. The maximum absolute atomic E-state index is 14.6. The van der Waals surface area contributed by atoms with Gasteiger partial charge in [-0.1, -0.05) is 34.8 Å². The lowest BCUT2D eigenvalue weighted by Gasteiger charge is -2.10. The van der Waals surface area contributed by atoms with Crippen LogP contribution in [0.5, 0.6) is 0 Å². The average molecular weight is 674 g/mol. The van der Waals surface area contributed by atoms with Crippen LogP contribution in [0, 0.1) is 23.4 Å². The number of amides is 1. The summed E-state index contributed by atoms with van der Waals surface area (Å²) in [5, 5.41) is 2.85. The molecule has 1 amide bonds. The predicted octanol–water partition coefficient (Wildman–Crippen LogP) is 8.39. The Morgan fingerprint density at radius 3 is 2.00 bits per heavy atom. The zero-order valence-electron chi connectivity index (χ0n) is 20.2. The minimum absolute atomic E-state index is 0.0236. The first-order valence-electron chi connectivity index (χ1n) is 11.5. The smallest absolute Gasteiger partial charge is 0.296 e. The summed E-state index contributed by atoms with van der Waals surface area (Å²) in [5.74, 6) is -8.43. The Morgan fingerprint density at radius 2 is 1.41 bits per heavy atom. The van der Waals surface area contributed by atoms with Gasteiger partial charge < -0.3 is 5.32 Å². The standard InChI is InChI=1S/C27H15Cl5F5NO3/c28-15-4-12(5-16(29)24(15)30)22-23(27(22,31)32)26(41)38-13-1-2-17(33)14(8-13)20(39)6-10-3-11(7-21(40)25(36)37)19(35)9-18(10)34/h1-5,8-9,22-23,25H,6-7H2,(H,38,41)/t22-,23+/m0/s1. The number of hydrogen-bond acceptors (Lipinski definition) is 3. The largest absolute Gasteiger partial charge is 0.326 e. The minimum atomic E-state index is -3.37. The molecule has 1 saturated carbocycles. The normalized spacial score (nSPS) is 17.4. The fourth-order valence-corrected chi connectivity index (χ4v) is 5.75. The van der Waals surface area contributed by atoms with E-state index in [4.69, 9.17) is 58.0 Å². The summed E-state index contributed by atoms with van der Waals surface area (Å²) < 4.78 is 66.5. The first-order valence-corrected chi connectivity index (χ1v) is 13.4. The minimum Gasteiger partial charge on any atom is -0.326 e. The molecule has 1 aliphatic rings. The van der Waals surface area contributed by atoms with Gasteiger partial charge in [0.15, 0.2) is 5.78 Å². The lowest BCUT2D eigenvalue weighted by Crippen LogP contribution is -2.18. The number of Topliss-reactive ketones (excluding diaryl/α,β-unsaturated/α-hetero) is 2. The highest BCUT2D eigenvalue weighted by molar-refractivity contribution is 6.54. The molecule has 0 saturated heterocycles. The van der Waals surface area contributed by atoms with Gasteiger partial charge in [-0.2, -0.15) is 0 Å². The van der Waals surface area contributed by atoms with Crippen molar-refractivity contribution in [1.82, 2.24) is 0 Å². The van der Waals surface area contributed by atoms with Crippen molar-refractivity contribution in [3.8, 4) is 0 Å². The van der Waals surface area contributed by atoms with E-state index in [0.717, 1.165) is 24.3 Å². The molecule has 3 aromatic carbocycles. The monoisotopic (exact) mass is 671 g/mol. The molecule has 0 aliphatic heterocycles. The SMILES string of the molecule is O=C(Cc1cc(CC(=O)C(F)F)c(F)cc1F)c1cc(NC(=O)[C@H]2[C@H](c3cc(Cl)c(Cl)c(Cl)c3)C2(Cl)Cl)ccc1F. The number of benzene rings is 3. The van der Waals surface area contributed by atoms with E-state index in [0.29, 0.717) is 11.6 Å². The van der Waals surface area contributed by atoms with Gasteiger partial charge >= 0.3 is 0 Å². The van der Waals surface area contributed by atoms with Crippen LogP contribution in [-0.4, -0.2) is 28.2 Å². The maximum Gasteiger partial charge on any atom is 0.296 e. The van der Waals surface area contributed by atoms with E-state index in [1.165, 1.54) is 12.1 Å². The van der Waals surface area contributed by atoms with Crippen molar-refractivity contribution in [3.63, 3.8) is 0 Å². The maximum atomic E-state index is 14.6. The van der Waals surface area contributed by atoms with Crippen LogP contribution >= 0.6 is 58.0 Å². The fourth-order valence-electron chi connectivity index (χ4n) is 4.31. The molecule has 0 radical (unpaired) electrons. The van der Waals surface area contributed by atoms with Crippen LogP contribution in [0.25, 0.3) is 0 Å². The summed E-state index contributed by atoms with van der Waals surface area (Å²) in [4.78, 5) is 37.2. The van der Waals surface area contributed by atoms with E-state index in [9.17, 15) is 36.3 Å². The number of alkyl halides is 4. The molecule has 41 heavy (non-hydrogen) atoms. The van der Waals surface area contributed by atoms with Crippen molar-refractivity contribution in [2.45, 2.75) is 29.5 Å². The van der Waals surface area contributed by atoms with Gasteiger partial charge in [-0.05, 0) is 53.1 Å². The molecule has 1 N–H and O–H groups in total. The van der Waals surface area contributed by atoms with Crippen LogP contribution < -0.4 is 5.32 Å². The molecule has 0 unspecified atom stereocenters. The number of anilines is 1. The van der Waals surface area contributed by atoms with Gasteiger partial charge in [0.2, 0.25) is 11.7 Å². The number of carbonyl (C=O) groups excluding carboxylic acids is 3. The summed E-state index contributed by atoms with van der Waals surface area (Å²) in [6.45, 7) is 0. The van der Waals surface area contributed by atoms with E-state index in [1.807, 2.05) is 0 Å². The van der Waals surface area contributed by atoms with Gasteiger partial charge in [0, 0.05) is 30.5 Å². The number of ketones is 2. The Hall–Kier alpha value is -2.43. The molecule has 0 spiro atoms. The zero-order chi connectivity index (χ0) is 30.4. The number of rotatable bonds is 9. The van der Waals surface area contributed by atoms with Crippen molar-refractivity contribution in [1.29, 1.82) is 0 Å². The fraction of sp³-hybridized carbons (Fsp3) is 0.222. The molecular weight excluding hydrogens is 659 g/mol. The van der Waals surface area contributed by atoms with E-state index in [2.05, 4.69) is 5.32 Å². The summed E-state index contributed by atoms with van der Waals surface area (Å²) in [7, 11) is 0. The van der Waals surface area contributed by atoms with Crippen molar-refractivity contribution in [2.75, 3.05) is 5.32 Å². The molecule has 0 aromatic heterocycles. The van der Waals surface area contributed by atoms with E-state index >= 15 is 0 Å². The van der Waals surface area contributed by atoms with Crippen molar-refractivity contribution < 1.29 is 36.3 Å². The third-order valence-corrected chi connectivity index (χ3v) is 8.55. The van der Waals surface area contributed by atoms with E-state index < -0.39 is 87.1 Å². The summed E-state index contributed by atoms with van der Waals surface area (Å²) in [5.41, 5.74) is -1.13. The van der Waals surface area contributed by atoms with Gasteiger partial charge in [-0.3, -0.25) is 14.4 Å². The number of hydrogen-bond donors (Lipinski definition) is 1. The summed E-state index contributed by atoms with van der Waals surface area (Å²) in [6.07, 6.45) is -5.20. The molecule has 4 nitrogen and oxygen atoms in total. The molecule has 0 heterocycles. The predicted molar refractivity (Wildman–Crippen MR) is 146 cm³/mol. The second-order valence-electron chi connectivity index (χ2n) is 9.19. The average Bonchev–Trinajstić information content (AvgIpc) is 3.47. The molecule has 0 bridgehead atoms. The molecule has 3 aromatic rings. The Bertz CT molecular complexity index is 1560. The van der Waals surface area contributed by atoms with Crippen LogP contribution in [0.2, 0.25) is 15.1 Å². The Kier molecular flexibility index (Phi) is 9.26. The Balaban J connectivity index is 1.52. The van der Waals surface area contributed by atoms with Crippen molar-refractivity contribution in [2.24, 2.45) is 5.92 Å². The number of halogens is 10. The third kappa shape index (κ3) is 6.65. The number of nitrogens with one attached hydrogen (secondary N) is 1. The van der Waals surface area contributed by atoms with Gasteiger partial charge in [0.05, 0.1) is 26.5 Å². The summed E-state index contributed by atoms with van der Waals surface area (Å²) >= 11 is 30.8. The van der Waals surface area contributed by atoms with Gasteiger partial charge in [0.25, 0.3) is 6.43 Å². The molecular formula is C27H15Cl5F5NO3. The van der Waals surface area contributed by atoms with Crippen LogP contribution in [0.4, 0.5) is 27.6 Å². The lowest BCUT2D eigenvalue weighted by molar-refractivity contribution is -0.128. The van der Waals surface area contributed by atoms with Crippen LogP contribution in [0.1, 0.15) is 33.0 Å². The molecule has 216 valence electrons. The highest BCUT2D eigenvalue weighted by Crippen LogP contribution is 2.65. The van der Waals surface area contributed by atoms with Gasteiger partial charge in [0.1, 0.15) is 21.8 Å². The van der Waals surface area contributed by atoms with Crippen LogP contribution in [0.15, 0.2) is 42.5 Å². The quantitative estimate of drug-likeness (QED) is 0.107. The zero-order valence-corrected chi connectivity index (χ0v) is 24.0. The first-order chi connectivity index (χ1) is 19.1. The molecule has 1 aliphatic carbocycles. The highest BCUT2D eigenvalue weighted by Gasteiger charge is 2.67. The number of carbonyl (C=O) groups is 3. The Labute approximate surface area is 254 Å². The lowest BCUT2D eigenvalue weighted by atomic mass is 9.98. The van der Waals surface area contributed by atoms with Crippen molar-refractivity contribution in [3.05, 3.63) is 97.2 Å². The first kappa shape index (κ1) is 31.5. The second kappa shape index (κ2) is 12.1. The molecule has 4 rings (SSSR count). The topological polar surface area (TPSA) is 63.2 Å². The van der Waals surface area contributed by atoms with E-state index in [1.54, 1.807) is 0 Å². The molecule has 2 atom stereocenters. The highest BCUT2D eigenvalue weighted by atomic mass is 35.5. The Morgan fingerprint density at radius 1 is 0.829 bits per heavy atom. The van der Waals surface area contributed by atoms with Gasteiger partial charge in [-0.15, -0.1) is 23.2 Å². The van der Waals surface area contributed by atoms with Crippen molar-refractivity contribution >= 4 is 81.2 Å². The third-order valence-electron chi connectivity index (χ3n) is 6.41. The van der Waals surface area contributed by atoms with Gasteiger partial charge in [-0.25, -0.2) is 22.0 Å². The van der Waals surface area contributed by atoms with Crippen LogP contribution in [0.3, 0.4) is 0 Å². The second-order valence-corrected chi connectivity index (χ2v) is 11.8. The molecule has 14 heteroatoms. The van der Waals surface area contributed by atoms with E-state index in [-0.39, 0.29) is 20.8 Å². The van der Waals surface area contributed by atoms with Crippen LogP contribution in [-0.2, 0) is 22.4 Å².